The molecule has 25 heavy (non-hydrogen) atoms. The van der Waals surface area contributed by atoms with E-state index in [1.807, 2.05) is 11.9 Å². The Bertz CT molecular complexity index is 792. The highest BCUT2D eigenvalue weighted by Crippen LogP contribution is 2.36. The third kappa shape index (κ3) is 3.14. The Morgan fingerprint density at radius 2 is 1.88 bits per heavy atom. The van der Waals surface area contributed by atoms with Gasteiger partial charge in [-0.05, 0) is 50.2 Å². The van der Waals surface area contributed by atoms with E-state index < -0.39 is 0 Å². The number of nitrogens with zero attached hydrogens (tertiary/aromatic N) is 2. The molecule has 4 rings (SSSR count). The van der Waals surface area contributed by atoms with E-state index >= 15 is 0 Å². The number of rotatable bonds is 2. The van der Waals surface area contributed by atoms with Crippen LogP contribution in [0.5, 0.6) is 0 Å². The maximum absolute atomic E-state index is 13.0. The molecule has 2 N–H and O–H groups in total. The van der Waals surface area contributed by atoms with Crippen LogP contribution in [0.2, 0.25) is 0 Å². The SMILES string of the molecule is CN(C(=O)c1sc2nc3c(cc2c1N)CCCCC3)C1CCCCC1. The minimum atomic E-state index is 0.0718. The molecule has 0 aromatic carbocycles. The molecule has 1 amide bonds. The molecular formula is C20H27N3OS. The van der Waals surface area contributed by atoms with Gasteiger partial charge in [0.25, 0.3) is 5.91 Å². The fourth-order valence-corrected chi connectivity index (χ4v) is 5.37. The number of pyridine rings is 1. The van der Waals surface area contributed by atoms with Gasteiger partial charge in [0.1, 0.15) is 9.71 Å². The number of carbonyl (C=O) groups excluding carboxylic acids is 1. The number of amides is 1. The number of nitrogens with two attached hydrogens (primary N) is 1. The van der Waals surface area contributed by atoms with Crippen LogP contribution in [0.15, 0.2) is 6.07 Å². The molecule has 0 aliphatic heterocycles. The lowest BCUT2D eigenvalue weighted by atomic mass is 9.94. The standard InChI is InChI=1S/C20H27N3OS/c1-23(14-9-5-3-6-10-14)20(24)18-17(21)15-12-13-8-4-2-7-11-16(13)22-19(15)25-18/h12,14H,2-11,21H2,1H3. The van der Waals surface area contributed by atoms with Gasteiger partial charge in [0.2, 0.25) is 0 Å². The molecule has 4 nitrogen and oxygen atoms in total. The zero-order chi connectivity index (χ0) is 17.4. The highest BCUT2D eigenvalue weighted by atomic mass is 32.1. The predicted octanol–water partition coefficient (Wildman–Crippen LogP) is 4.55. The second-order valence-corrected chi connectivity index (χ2v) is 8.56. The predicted molar refractivity (Wildman–Crippen MR) is 104 cm³/mol. The Hall–Kier alpha value is -1.62. The highest BCUT2D eigenvalue weighted by Gasteiger charge is 2.27. The van der Waals surface area contributed by atoms with E-state index in [2.05, 4.69) is 6.07 Å². The van der Waals surface area contributed by atoms with E-state index in [0.717, 1.165) is 35.9 Å². The number of anilines is 1. The number of thiophene rings is 1. The maximum atomic E-state index is 13.0. The summed E-state index contributed by atoms with van der Waals surface area (Å²) in [6.45, 7) is 0. The van der Waals surface area contributed by atoms with Gasteiger partial charge >= 0.3 is 0 Å². The van der Waals surface area contributed by atoms with Crippen LogP contribution in [0.25, 0.3) is 10.2 Å². The van der Waals surface area contributed by atoms with Crippen LogP contribution in [0.4, 0.5) is 5.69 Å². The van der Waals surface area contributed by atoms with Crippen LogP contribution in [0.3, 0.4) is 0 Å². The molecule has 1 fully saturated rings. The number of aromatic nitrogens is 1. The molecule has 1 saturated carbocycles. The lowest BCUT2D eigenvalue weighted by molar-refractivity contribution is 0.0702. The minimum Gasteiger partial charge on any atom is -0.397 e. The van der Waals surface area contributed by atoms with Crippen LogP contribution in [-0.4, -0.2) is 28.9 Å². The Morgan fingerprint density at radius 1 is 1.16 bits per heavy atom. The topological polar surface area (TPSA) is 59.2 Å². The summed E-state index contributed by atoms with van der Waals surface area (Å²) in [4.78, 5) is 21.4. The molecule has 2 aromatic heterocycles. The monoisotopic (exact) mass is 357 g/mol. The average Bonchev–Trinajstić information content (AvgIpc) is 2.82. The first kappa shape index (κ1) is 16.8. The second kappa shape index (κ2) is 6.94. The number of fused-ring (bicyclic) bond motifs is 2. The Balaban J connectivity index is 1.67. The number of carbonyl (C=O) groups is 1. The summed E-state index contributed by atoms with van der Waals surface area (Å²) >= 11 is 1.48. The molecule has 0 unspecified atom stereocenters. The van der Waals surface area contributed by atoms with Crippen LogP contribution >= 0.6 is 11.3 Å². The molecule has 2 aromatic rings. The summed E-state index contributed by atoms with van der Waals surface area (Å²) in [5.74, 6) is 0.0718. The van der Waals surface area contributed by atoms with Crippen LogP contribution in [0, 0.1) is 0 Å². The van der Waals surface area contributed by atoms with E-state index in [4.69, 9.17) is 10.7 Å². The van der Waals surface area contributed by atoms with Crippen molar-refractivity contribution < 1.29 is 4.79 Å². The zero-order valence-electron chi connectivity index (χ0n) is 15.0. The van der Waals surface area contributed by atoms with Crippen molar-refractivity contribution in [2.75, 3.05) is 12.8 Å². The molecule has 0 saturated heterocycles. The third-order valence-corrected chi connectivity index (χ3v) is 6.99. The smallest absolute Gasteiger partial charge is 0.266 e. The first-order valence-corrected chi connectivity index (χ1v) is 10.4. The van der Waals surface area contributed by atoms with Gasteiger partial charge in [-0.2, -0.15) is 0 Å². The number of hydrogen-bond donors (Lipinski definition) is 1. The maximum Gasteiger partial charge on any atom is 0.266 e. The first-order chi connectivity index (χ1) is 12.1. The molecule has 0 atom stereocenters. The van der Waals surface area contributed by atoms with E-state index in [1.165, 1.54) is 61.1 Å². The summed E-state index contributed by atoms with van der Waals surface area (Å²) in [5.41, 5.74) is 9.58. The second-order valence-electron chi connectivity index (χ2n) is 7.56. The molecule has 2 heterocycles. The fraction of sp³-hybridized carbons (Fsp3) is 0.600. The third-order valence-electron chi connectivity index (χ3n) is 5.89. The largest absolute Gasteiger partial charge is 0.397 e. The molecule has 2 aliphatic carbocycles. The van der Waals surface area contributed by atoms with Crippen LogP contribution < -0.4 is 5.73 Å². The van der Waals surface area contributed by atoms with Crippen molar-refractivity contribution in [1.29, 1.82) is 0 Å². The van der Waals surface area contributed by atoms with Gasteiger partial charge in [0, 0.05) is 24.2 Å². The summed E-state index contributed by atoms with van der Waals surface area (Å²) in [5, 5.41) is 0.978. The van der Waals surface area contributed by atoms with Gasteiger partial charge in [0.05, 0.1) is 5.69 Å². The van der Waals surface area contributed by atoms with E-state index in [-0.39, 0.29) is 5.91 Å². The molecular weight excluding hydrogens is 330 g/mol. The lowest BCUT2D eigenvalue weighted by Gasteiger charge is -2.31. The van der Waals surface area contributed by atoms with Crippen LogP contribution in [-0.2, 0) is 12.8 Å². The quantitative estimate of drug-likeness (QED) is 0.802. The van der Waals surface area contributed by atoms with Crippen molar-refractivity contribution in [2.24, 2.45) is 0 Å². The first-order valence-electron chi connectivity index (χ1n) is 9.63. The van der Waals surface area contributed by atoms with Gasteiger partial charge in [-0.15, -0.1) is 11.3 Å². The van der Waals surface area contributed by atoms with Crippen molar-refractivity contribution in [3.63, 3.8) is 0 Å². The highest BCUT2D eigenvalue weighted by molar-refractivity contribution is 7.21. The minimum absolute atomic E-state index is 0.0718. The Morgan fingerprint density at radius 3 is 2.68 bits per heavy atom. The molecule has 134 valence electrons. The van der Waals surface area contributed by atoms with Crippen molar-refractivity contribution >= 4 is 33.1 Å². The molecule has 0 bridgehead atoms. The lowest BCUT2D eigenvalue weighted by Crippen LogP contribution is -2.38. The van der Waals surface area contributed by atoms with Gasteiger partial charge < -0.3 is 10.6 Å². The van der Waals surface area contributed by atoms with Crippen LogP contribution in [0.1, 0.15) is 72.3 Å². The summed E-state index contributed by atoms with van der Waals surface area (Å²) in [7, 11) is 1.94. The summed E-state index contributed by atoms with van der Waals surface area (Å²) < 4.78 is 0. The Kier molecular flexibility index (Phi) is 4.67. The van der Waals surface area contributed by atoms with Gasteiger partial charge in [-0.25, -0.2) is 4.98 Å². The number of hydrogen-bond acceptors (Lipinski definition) is 4. The number of nitrogen functional groups attached to an aromatic ring is 1. The molecule has 0 spiro atoms. The summed E-state index contributed by atoms with van der Waals surface area (Å²) in [6.07, 6.45) is 11.8. The fourth-order valence-electron chi connectivity index (χ4n) is 4.29. The molecule has 5 heteroatoms. The van der Waals surface area contributed by atoms with Crippen molar-refractivity contribution in [3.05, 3.63) is 22.2 Å². The van der Waals surface area contributed by atoms with E-state index in [9.17, 15) is 4.79 Å². The van der Waals surface area contributed by atoms with Gasteiger partial charge in [0.15, 0.2) is 0 Å². The molecule has 0 radical (unpaired) electrons. The zero-order valence-corrected chi connectivity index (χ0v) is 15.8. The van der Waals surface area contributed by atoms with Gasteiger partial charge in [-0.1, -0.05) is 25.7 Å². The average molecular weight is 358 g/mol. The van der Waals surface area contributed by atoms with Crippen molar-refractivity contribution in [3.8, 4) is 0 Å². The van der Waals surface area contributed by atoms with Gasteiger partial charge in [-0.3, -0.25) is 4.79 Å². The van der Waals surface area contributed by atoms with Crippen molar-refractivity contribution in [2.45, 2.75) is 70.3 Å². The number of aryl methyl sites for hydroxylation is 2. The molecule has 2 aliphatic rings. The summed E-state index contributed by atoms with van der Waals surface area (Å²) in [6, 6.07) is 2.56. The van der Waals surface area contributed by atoms with E-state index in [1.54, 1.807) is 0 Å². The van der Waals surface area contributed by atoms with Crippen molar-refractivity contribution in [1.82, 2.24) is 9.88 Å². The normalized spacial score (nSPS) is 18.8. The van der Waals surface area contributed by atoms with E-state index in [0.29, 0.717) is 16.6 Å². The Labute approximate surface area is 153 Å².